The summed E-state index contributed by atoms with van der Waals surface area (Å²) in [5, 5.41) is 2.63. The van der Waals surface area contributed by atoms with E-state index in [4.69, 9.17) is 18.9 Å². The molecule has 2 atom stereocenters. The van der Waals surface area contributed by atoms with Crippen molar-refractivity contribution in [1.82, 2.24) is 14.9 Å². The molecule has 2 aromatic carbocycles. The van der Waals surface area contributed by atoms with Crippen LogP contribution in [0, 0.1) is 5.92 Å². The second kappa shape index (κ2) is 19.1. The summed E-state index contributed by atoms with van der Waals surface area (Å²) in [6, 6.07) is 18.3. The molecule has 14 heteroatoms. The van der Waals surface area contributed by atoms with Crippen LogP contribution in [0.25, 0.3) is 0 Å². The lowest BCUT2D eigenvalue weighted by Crippen LogP contribution is -2.46. The van der Waals surface area contributed by atoms with Crippen molar-refractivity contribution in [1.29, 1.82) is 0 Å². The van der Waals surface area contributed by atoms with Crippen molar-refractivity contribution in [2.45, 2.75) is 69.3 Å². The second-order valence-corrected chi connectivity index (χ2v) is 13.7. The topological polar surface area (TPSA) is 153 Å². The molecule has 0 aliphatic heterocycles. The Bertz CT molecular complexity index is 1680. The van der Waals surface area contributed by atoms with Crippen LogP contribution in [0.2, 0.25) is 0 Å². The van der Waals surface area contributed by atoms with Crippen LogP contribution in [0.5, 0.6) is 5.75 Å². The number of para-hydroxylation sites is 1. The number of alkyl carbamates (subject to hydrolysis) is 1. The first-order chi connectivity index (χ1) is 24.2. The lowest BCUT2D eigenvalue weighted by atomic mass is 9.90. The van der Waals surface area contributed by atoms with Crippen molar-refractivity contribution >= 4 is 28.4 Å². The predicted octanol–water partition coefficient (Wildman–Crippen LogP) is 4.12. The van der Waals surface area contributed by atoms with Crippen molar-refractivity contribution < 1.29 is 46.3 Å². The summed E-state index contributed by atoms with van der Waals surface area (Å²) >= 11 is 0. The smallest absolute Gasteiger partial charge is 0.407 e. The van der Waals surface area contributed by atoms with Crippen LogP contribution in [0.1, 0.15) is 66.9 Å². The molecule has 1 heterocycles. The molecule has 1 aliphatic carbocycles. The summed E-state index contributed by atoms with van der Waals surface area (Å²) in [4.78, 5) is 39.8. The number of carbonyl (C=O) groups is 3. The van der Waals surface area contributed by atoms with Gasteiger partial charge in [-0.3, -0.25) is 9.59 Å². The zero-order chi connectivity index (χ0) is 35.9. The van der Waals surface area contributed by atoms with Gasteiger partial charge in [-0.1, -0.05) is 43.5 Å². The van der Waals surface area contributed by atoms with Gasteiger partial charge >= 0.3 is 6.09 Å². The van der Waals surface area contributed by atoms with E-state index in [0.717, 1.165) is 30.6 Å². The molecule has 2 N–H and O–H groups in total. The molecular formula is C36H47N4O9S+. The number of rotatable bonds is 18. The molecule has 3 amide bonds. The van der Waals surface area contributed by atoms with Crippen LogP contribution >= 0.6 is 0 Å². The number of nitrogens with one attached hydrogen (secondary N) is 2. The Balaban J connectivity index is 1.36. The largest absolute Gasteiger partial charge is 0.496 e. The fraction of sp³-hybridized carbons (Fsp3) is 0.444. The molecule has 1 aliphatic rings. The van der Waals surface area contributed by atoms with Gasteiger partial charge in [0.05, 0.1) is 24.2 Å². The van der Waals surface area contributed by atoms with Gasteiger partial charge in [0.25, 0.3) is 5.91 Å². The van der Waals surface area contributed by atoms with Crippen LogP contribution in [0.3, 0.4) is 0 Å². The summed E-state index contributed by atoms with van der Waals surface area (Å²) in [7, 11) is -0.838. The molecule has 50 heavy (non-hydrogen) atoms. The summed E-state index contributed by atoms with van der Waals surface area (Å²) in [5.74, 6) is 0.0186. The van der Waals surface area contributed by atoms with Crippen LogP contribution in [0.4, 0.5) is 4.79 Å². The molecule has 4 rings (SSSR count). The lowest BCUT2D eigenvalue weighted by Gasteiger charge is -2.27. The normalized spacial score (nSPS) is 14.7. The monoisotopic (exact) mass is 711 g/mol. The van der Waals surface area contributed by atoms with Gasteiger partial charge < -0.3 is 24.3 Å². The summed E-state index contributed by atoms with van der Waals surface area (Å²) in [5.41, 5.74) is 1.29. The molecule has 0 radical (unpaired) electrons. The Hall–Kier alpha value is -4.37. The third-order valence-electron chi connectivity index (χ3n) is 8.61. The zero-order valence-electron chi connectivity index (χ0n) is 28.8. The van der Waals surface area contributed by atoms with E-state index in [2.05, 4.69) is 10.0 Å². The highest BCUT2D eigenvalue weighted by atomic mass is 32.2. The standard InChI is InChI=1S/C36H46N4O9S/c1-4-39-20-11-10-18-32(39)35(40(26-41)34(42)31-17-8-9-19-33(31)47-3)48-24-29(46-2)25-49-36(43)37-22-28-15-12-16-30(21-28)50(44,45)38-23-27-13-6-5-7-14-27/h8-12,15-21,26-27,29,35,38H,4-7,13-14,22-25H2,1-3H3/p+1. The van der Waals surface area contributed by atoms with Gasteiger partial charge in [0.2, 0.25) is 28.4 Å². The summed E-state index contributed by atoms with van der Waals surface area (Å²) in [6.07, 6.45) is 5.05. The van der Waals surface area contributed by atoms with Crippen molar-refractivity contribution in [3.63, 3.8) is 0 Å². The number of carbonyl (C=O) groups excluding carboxylic acids is 3. The van der Waals surface area contributed by atoms with Gasteiger partial charge in [0.15, 0.2) is 6.20 Å². The number of methoxy groups -OCH3 is 2. The van der Waals surface area contributed by atoms with Crippen molar-refractivity contribution in [3.8, 4) is 5.75 Å². The Kier molecular flexibility index (Phi) is 14.7. The van der Waals surface area contributed by atoms with Gasteiger partial charge in [-0.2, -0.15) is 4.57 Å². The van der Waals surface area contributed by atoms with Crippen molar-refractivity contribution in [2.75, 3.05) is 34.0 Å². The number of ether oxygens (including phenoxy) is 4. The molecule has 0 bridgehead atoms. The first kappa shape index (κ1) is 38.4. The van der Waals surface area contributed by atoms with Crippen LogP contribution in [0.15, 0.2) is 77.8 Å². The van der Waals surface area contributed by atoms with Gasteiger partial charge in [-0.05, 0) is 61.6 Å². The van der Waals surface area contributed by atoms with E-state index in [0.29, 0.717) is 42.4 Å². The summed E-state index contributed by atoms with van der Waals surface area (Å²) < 4.78 is 52.8. The maximum atomic E-state index is 13.6. The van der Waals surface area contributed by atoms with Gasteiger partial charge in [0, 0.05) is 32.3 Å². The number of hydrogen-bond donors (Lipinski definition) is 2. The van der Waals surface area contributed by atoms with Crippen LogP contribution in [-0.2, 0) is 42.1 Å². The fourth-order valence-corrected chi connectivity index (χ4v) is 6.97. The average molecular weight is 712 g/mol. The average Bonchev–Trinajstić information content (AvgIpc) is 3.16. The maximum absolute atomic E-state index is 13.6. The molecule has 3 aromatic rings. The number of nitrogens with zero attached hydrogens (tertiary/aromatic N) is 2. The number of aryl methyl sites for hydroxylation is 1. The number of amides is 3. The third kappa shape index (κ3) is 10.6. The SMILES string of the molecule is CC[n+]1ccccc1C(OCC(COC(=O)NCc1cccc(S(=O)(=O)NCC2CCCCC2)c1)OC)N(C=O)C(=O)c1ccccc1OC. The van der Waals surface area contributed by atoms with Gasteiger partial charge in [-0.15, -0.1) is 0 Å². The number of pyridine rings is 1. The van der Waals surface area contributed by atoms with E-state index >= 15 is 0 Å². The van der Waals surface area contributed by atoms with Crippen molar-refractivity contribution in [3.05, 3.63) is 89.7 Å². The molecule has 1 fully saturated rings. The fourth-order valence-electron chi connectivity index (χ4n) is 5.78. The van der Waals surface area contributed by atoms with Gasteiger partial charge in [0.1, 0.15) is 25.0 Å². The number of hydrogen-bond acceptors (Lipinski definition) is 9. The molecule has 270 valence electrons. The minimum Gasteiger partial charge on any atom is -0.496 e. The zero-order valence-corrected chi connectivity index (χ0v) is 29.6. The molecule has 1 aromatic heterocycles. The van der Waals surface area contributed by atoms with E-state index in [-0.39, 0.29) is 30.2 Å². The van der Waals surface area contributed by atoms with Crippen LogP contribution in [-0.4, -0.2) is 71.8 Å². The molecule has 1 saturated carbocycles. The van der Waals surface area contributed by atoms with Crippen LogP contribution < -0.4 is 19.3 Å². The van der Waals surface area contributed by atoms with Gasteiger partial charge in [-0.25, -0.2) is 22.8 Å². The van der Waals surface area contributed by atoms with E-state index in [1.165, 1.54) is 32.8 Å². The van der Waals surface area contributed by atoms with E-state index in [9.17, 15) is 22.8 Å². The number of aromatic nitrogens is 1. The number of imide groups is 1. The highest BCUT2D eigenvalue weighted by Crippen LogP contribution is 2.26. The highest BCUT2D eigenvalue weighted by Gasteiger charge is 2.34. The summed E-state index contributed by atoms with van der Waals surface area (Å²) in [6.45, 7) is 2.54. The maximum Gasteiger partial charge on any atom is 0.407 e. The Morgan fingerprint density at radius 2 is 1.76 bits per heavy atom. The quantitative estimate of drug-likeness (QED) is 0.113. The van der Waals surface area contributed by atoms with Crippen molar-refractivity contribution in [2.24, 2.45) is 5.92 Å². The minimum absolute atomic E-state index is 0.0332. The molecule has 13 nitrogen and oxygen atoms in total. The van der Waals surface area contributed by atoms with E-state index in [1.54, 1.807) is 48.5 Å². The molecule has 0 spiro atoms. The third-order valence-corrected chi connectivity index (χ3v) is 10.0. The predicted molar refractivity (Wildman–Crippen MR) is 183 cm³/mol. The second-order valence-electron chi connectivity index (χ2n) is 11.9. The molecule has 0 saturated heterocycles. The Morgan fingerprint density at radius 3 is 2.48 bits per heavy atom. The highest BCUT2D eigenvalue weighted by molar-refractivity contribution is 7.89. The first-order valence-corrected chi connectivity index (χ1v) is 18.2. The Labute approximate surface area is 293 Å². The molecular weight excluding hydrogens is 664 g/mol. The Morgan fingerprint density at radius 1 is 1.00 bits per heavy atom. The number of sulfonamides is 1. The van der Waals surface area contributed by atoms with E-state index in [1.807, 2.05) is 23.8 Å². The first-order valence-electron chi connectivity index (χ1n) is 16.7. The lowest BCUT2D eigenvalue weighted by molar-refractivity contribution is -0.705. The molecule has 2 unspecified atom stereocenters. The van der Waals surface area contributed by atoms with E-state index < -0.39 is 34.4 Å². The number of benzene rings is 2. The minimum atomic E-state index is -3.70.